The second-order valence-electron chi connectivity index (χ2n) is 13.6. The monoisotopic (exact) mass is 719 g/mol. The zero-order chi connectivity index (χ0) is 36.6. The molecule has 0 unspecified atom stereocenters. The lowest BCUT2D eigenvalue weighted by molar-refractivity contribution is 1.07. The summed E-state index contributed by atoms with van der Waals surface area (Å²) in [4.78, 5) is 15.3. The van der Waals surface area contributed by atoms with Gasteiger partial charge in [-0.3, -0.25) is 0 Å². The molecule has 0 amide bonds. The van der Waals surface area contributed by atoms with E-state index in [1.54, 1.807) is 0 Å². The van der Waals surface area contributed by atoms with Crippen molar-refractivity contribution >= 4 is 31.5 Å². The molecule has 0 bridgehead atoms. The minimum absolute atomic E-state index is 0.640. The topological polar surface area (TPSA) is 38.7 Å². The zero-order valence-electron chi connectivity index (χ0n) is 29.8. The van der Waals surface area contributed by atoms with Crippen molar-refractivity contribution < 1.29 is 0 Å². The van der Waals surface area contributed by atoms with E-state index in [2.05, 4.69) is 188 Å². The van der Waals surface area contributed by atoms with Crippen LogP contribution in [0.5, 0.6) is 0 Å². The molecule has 0 aliphatic rings. The van der Waals surface area contributed by atoms with Gasteiger partial charge in [0.1, 0.15) is 0 Å². The van der Waals surface area contributed by atoms with Gasteiger partial charge in [-0.05, 0) is 56.6 Å². The number of thiophene rings is 1. The molecule has 55 heavy (non-hydrogen) atoms. The first-order valence-corrected chi connectivity index (χ1v) is 19.2. The second-order valence-corrected chi connectivity index (χ2v) is 14.7. The molecule has 0 aliphatic carbocycles. The molecule has 0 atom stereocenters. The summed E-state index contributed by atoms with van der Waals surface area (Å²) in [5, 5.41) is 2.52. The maximum Gasteiger partial charge on any atom is 0.164 e. The molecule has 0 fully saturated rings. The van der Waals surface area contributed by atoms with Crippen molar-refractivity contribution in [2.75, 3.05) is 0 Å². The van der Waals surface area contributed by atoms with Gasteiger partial charge in [-0.1, -0.05) is 188 Å². The first kappa shape index (κ1) is 32.6. The highest BCUT2D eigenvalue weighted by Gasteiger charge is 2.16. The van der Waals surface area contributed by atoms with E-state index in [-0.39, 0.29) is 0 Å². The molecule has 4 heteroatoms. The Hall–Kier alpha value is -7.01. The average Bonchev–Trinajstić information content (AvgIpc) is 3.66. The van der Waals surface area contributed by atoms with Gasteiger partial charge in [0.15, 0.2) is 17.5 Å². The molecule has 2 heterocycles. The Morgan fingerprint density at radius 1 is 0.273 bits per heavy atom. The lowest BCUT2D eigenvalue weighted by Gasteiger charge is -2.10. The molecule has 258 valence electrons. The van der Waals surface area contributed by atoms with Gasteiger partial charge in [-0.25, -0.2) is 15.0 Å². The molecule has 8 aromatic carbocycles. The Kier molecular flexibility index (Phi) is 8.36. The van der Waals surface area contributed by atoms with Gasteiger partial charge in [0.05, 0.1) is 0 Å². The highest BCUT2D eigenvalue weighted by molar-refractivity contribution is 7.26. The summed E-state index contributed by atoms with van der Waals surface area (Å²) in [5.74, 6) is 1.93. The van der Waals surface area contributed by atoms with E-state index in [1.165, 1.54) is 48.0 Å². The fraction of sp³-hybridized carbons (Fsp3) is 0. The molecule has 2 aromatic heterocycles. The Morgan fingerprint density at radius 3 is 1.13 bits per heavy atom. The van der Waals surface area contributed by atoms with Crippen molar-refractivity contribution in [1.82, 2.24) is 15.0 Å². The molecule has 0 saturated heterocycles. The molecular weight excluding hydrogens is 687 g/mol. The van der Waals surface area contributed by atoms with Crippen LogP contribution in [0.1, 0.15) is 0 Å². The van der Waals surface area contributed by atoms with Crippen LogP contribution in [0.4, 0.5) is 0 Å². The van der Waals surface area contributed by atoms with Gasteiger partial charge in [-0.2, -0.15) is 0 Å². The molecule has 0 saturated carbocycles. The lowest BCUT2D eigenvalue weighted by Crippen LogP contribution is -2.00. The van der Waals surface area contributed by atoms with Crippen LogP contribution in [-0.4, -0.2) is 15.0 Å². The number of fused-ring (bicyclic) bond motifs is 3. The maximum absolute atomic E-state index is 5.12. The largest absolute Gasteiger partial charge is 0.208 e. The van der Waals surface area contributed by atoms with Crippen LogP contribution in [-0.2, 0) is 0 Å². The third-order valence-corrected chi connectivity index (χ3v) is 11.3. The number of benzene rings is 8. The van der Waals surface area contributed by atoms with Crippen molar-refractivity contribution in [3.05, 3.63) is 200 Å². The van der Waals surface area contributed by atoms with Crippen molar-refractivity contribution in [2.45, 2.75) is 0 Å². The van der Waals surface area contributed by atoms with Gasteiger partial charge in [0, 0.05) is 36.9 Å². The van der Waals surface area contributed by atoms with Crippen LogP contribution in [0.15, 0.2) is 200 Å². The van der Waals surface area contributed by atoms with E-state index in [0.29, 0.717) is 17.5 Å². The predicted molar refractivity (Wildman–Crippen MR) is 231 cm³/mol. The quantitative estimate of drug-likeness (QED) is 0.165. The SMILES string of the molecule is c1ccc(-c2ccc(-c3ccc(-c4nc(-c5ccc(-c6ccccc6)cc5)nc(-c5ccc6c(c5)sc5cccc(-c7ccccc7)c56)n4)cc3)cc2)cc1. The number of rotatable bonds is 7. The van der Waals surface area contributed by atoms with Crippen LogP contribution in [0.25, 0.3) is 98.8 Å². The highest BCUT2D eigenvalue weighted by Crippen LogP contribution is 2.41. The molecule has 10 aromatic rings. The van der Waals surface area contributed by atoms with Crippen molar-refractivity contribution in [1.29, 1.82) is 0 Å². The molecule has 0 N–H and O–H groups in total. The minimum Gasteiger partial charge on any atom is -0.208 e. The molecule has 3 nitrogen and oxygen atoms in total. The Bertz CT molecular complexity index is 2920. The van der Waals surface area contributed by atoms with Crippen LogP contribution < -0.4 is 0 Å². The Labute approximate surface area is 323 Å². The summed E-state index contributed by atoms with van der Waals surface area (Å²) in [6.45, 7) is 0. The maximum atomic E-state index is 5.12. The van der Waals surface area contributed by atoms with Crippen LogP contribution in [0.2, 0.25) is 0 Å². The molecule has 10 rings (SSSR count). The minimum atomic E-state index is 0.640. The first-order chi connectivity index (χ1) is 27.2. The van der Waals surface area contributed by atoms with Gasteiger partial charge in [-0.15, -0.1) is 11.3 Å². The van der Waals surface area contributed by atoms with E-state index in [9.17, 15) is 0 Å². The molecule has 0 spiro atoms. The summed E-state index contributed by atoms with van der Waals surface area (Å²) in [6.07, 6.45) is 0. The normalized spacial score (nSPS) is 11.3. The van der Waals surface area contributed by atoms with E-state index < -0.39 is 0 Å². The van der Waals surface area contributed by atoms with Gasteiger partial charge in [0.2, 0.25) is 0 Å². The summed E-state index contributed by atoms with van der Waals surface area (Å²) in [7, 11) is 0. The van der Waals surface area contributed by atoms with Gasteiger partial charge >= 0.3 is 0 Å². The third kappa shape index (κ3) is 6.39. The summed E-state index contributed by atoms with van der Waals surface area (Å²) >= 11 is 1.81. The first-order valence-electron chi connectivity index (χ1n) is 18.4. The van der Waals surface area contributed by atoms with E-state index in [0.717, 1.165) is 33.4 Å². The summed E-state index contributed by atoms with van der Waals surface area (Å²) < 4.78 is 2.47. The summed E-state index contributed by atoms with van der Waals surface area (Å²) in [6, 6.07) is 70.5. The fourth-order valence-corrected chi connectivity index (χ4v) is 8.50. The van der Waals surface area contributed by atoms with Crippen LogP contribution >= 0.6 is 11.3 Å². The van der Waals surface area contributed by atoms with Gasteiger partial charge < -0.3 is 0 Å². The van der Waals surface area contributed by atoms with Crippen molar-refractivity contribution in [3.8, 4) is 78.7 Å². The second kappa shape index (κ2) is 14.1. The number of nitrogens with zero attached hydrogens (tertiary/aromatic N) is 3. The standard InChI is InChI=1S/C51H33N3S/c1-4-11-34(12-5-1)36-19-21-38(22-20-36)39-25-29-42(30-26-39)50-52-49(41-27-23-37(24-28-41)35-13-6-2-7-14-35)53-51(54-50)43-31-32-45-47(33-43)55-46-18-10-17-44(48(45)46)40-15-8-3-9-16-40/h1-33H. The average molecular weight is 720 g/mol. The smallest absolute Gasteiger partial charge is 0.164 e. The van der Waals surface area contributed by atoms with Gasteiger partial charge in [0.25, 0.3) is 0 Å². The number of aromatic nitrogens is 3. The Balaban J connectivity index is 1.05. The summed E-state index contributed by atoms with van der Waals surface area (Å²) in [5.41, 5.74) is 12.3. The highest BCUT2D eigenvalue weighted by atomic mass is 32.1. The molecule has 0 radical (unpaired) electrons. The predicted octanol–water partition coefficient (Wildman–Crippen LogP) is 13.9. The van der Waals surface area contributed by atoms with Crippen LogP contribution in [0, 0.1) is 0 Å². The molecular formula is C51H33N3S. The number of hydrogen-bond donors (Lipinski definition) is 0. The molecule has 0 aliphatic heterocycles. The van der Waals surface area contributed by atoms with Crippen molar-refractivity contribution in [2.24, 2.45) is 0 Å². The van der Waals surface area contributed by atoms with Crippen LogP contribution in [0.3, 0.4) is 0 Å². The van der Waals surface area contributed by atoms with Crippen molar-refractivity contribution in [3.63, 3.8) is 0 Å². The van der Waals surface area contributed by atoms with E-state index in [1.807, 2.05) is 23.5 Å². The third-order valence-electron chi connectivity index (χ3n) is 10.2. The van der Waals surface area contributed by atoms with E-state index in [4.69, 9.17) is 15.0 Å². The Morgan fingerprint density at radius 2 is 0.655 bits per heavy atom. The zero-order valence-corrected chi connectivity index (χ0v) is 30.6. The number of hydrogen-bond acceptors (Lipinski definition) is 4. The van der Waals surface area contributed by atoms with E-state index >= 15 is 0 Å². The fourth-order valence-electron chi connectivity index (χ4n) is 7.33. The lowest BCUT2D eigenvalue weighted by atomic mass is 9.99.